The molecule has 1 atom stereocenters. The molecule has 1 saturated heterocycles. The summed E-state index contributed by atoms with van der Waals surface area (Å²) in [6, 6.07) is 6.58. The fourth-order valence-corrected chi connectivity index (χ4v) is 5.34. The van der Waals surface area contributed by atoms with Crippen molar-refractivity contribution >= 4 is 31.5 Å². The molecule has 1 fully saturated rings. The summed E-state index contributed by atoms with van der Waals surface area (Å²) < 4.78 is 48.9. The van der Waals surface area contributed by atoms with Crippen LogP contribution in [0.5, 0.6) is 0 Å². The molecule has 0 aromatic heterocycles. The minimum absolute atomic E-state index is 0.0659. The molecule has 1 aliphatic rings. The highest BCUT2D eigenvalue weighted by Crippen LogP contribution is 2.18. The molecule has 1 unspecified atom stereocenters. The van der Waals surface area contributed by atoms with Crippen molar-refractivity contribution in [1.29, 1.82) is 0 Å². The molecule has 5 nitrogen and oxygen atoms in total. The molecule has 0 amide bonds. The van der Waals surface area contributed by atoms with Gasteiger partial charge in [-0.15, -0.1) is 0 Å². The molecule has 8 heteroatoms. The van der Waals surface area contributed by atoms with E-state index in [1.54, 1.807) is 24.3 Å². The zero-order valence-corrected chi connectivity index (χ0v) is 13.1. The zero-order chi connectivity index (χ0) is 14.8. The highest BCUT2D eigenvalue weighted by atomic mass is 35.5. The highest BCUT2D eigenvalue weighted by Gasteiger charge is 2.28. The van der Waals surface area contributed by atoms with E-state index in [0.29, 0.717) is 17.0 Å². The Balaban J connectivity index is 1.90. The van der Waals surface area contributed by atoms with Crippen LogP contribution in [0.15, 0.2) is 24.3 Å². The summed E-state index contributed by atoms with van der Waals surface area (Å²) in [5.41, 5.74) is 0.640. The normalized spacial score (nSPS) is 21.9. The third kappa shape index (κ3) is 4.73. The van der Waals surface area contributed by atoms with E-state index >= 15 is 0 Å². The van der Waals surface area contributed by atoms with E-state index in [9.17, 15) is 16.8 Å². The van der Waals surface area contributed by atoms with E-state index in [1.807, 2.05) is 0 Å². The lowest BCUT2D eigenvalue weighted by Gasteiger charge is -2.10. The van der Waals surface area contributed by atoms with Gasteiger partial charge in [0, 0.05) is 11.6 Å². The Morgan fingerprint density at radius 2 is 1.90 bits per heavy atom. The summed E-state index contributed by atoms with van der Waals surface area (Å²) in [4.78, 5) is 0. The maximum absolute atomic E-state index is 11.9. The number of rotatable bonds is 5. The van der Waals surface area contributed by atoms with E-state index < -0.39 is 19.9 Å². The van der Waals surface area contributed by atoms with Crippen molar-refractivity contribution in [2.45, 2.75) is 12.2 Å². The van der Waals surface area contributed by atoms with Gasteiger partial charge in [0.25, 0.3) is 0 Å². The Labute approximate surface area is 124 Å². The number of hydrogen-bond acceptors (Lipinski definition) is 4. The van der Waals surface area contributed by atoms with Crippen molar-refractivity contribution in [3.8, 4) is 0 Å². The van der Waals surface area contributed by atoms with Crippen LogP contribution in [0.3, 0.4) is 0 Å². The van der Waals surface area contributed by atoms with Crippen LogP contribution in [-0.2, 0) is 25.6 Å². The van der Waals surface area contributed by atoms with Crippen LogP contribution in [0, 0.1) is 5.92 Å². The van der Waals surface area contributed by atoms with Crippen molar-refractivity contribution in [3.05, 3.63) is 34.9 Å². The molecule has 1 aromatic carbocycles. The summed E-state index contributed by atoms with van der Waals surface area (Å²) in [6.45, 7) is 0.176. The fourth-order valence-electron chi connectivity index (χ4n) is 2.13. The predicted molar refractivity (Wildman–Crippen MR) is 78.8 cm³/mol. The summed E-state index contributed by atoms with van der Waals surface area (Å²) >= 11 is 5.73. The smallest absolute Gasteiger partial charge is 0.215 e. The maximum atomic E-state index is 11.9. The molecule has 1 heterocycles. The number of sulfonamides is 1. The van der Waals surface area contributed by atoms with Crippen molar-refractivity contribution < 1.29 is 16.8 Å². The second-order valence-corrected chi connectivity index (χ2v) is 9.48. The van der Waals surface area contributed by atoms with Gasteiger partial charge in [0.05, 0.1) is 17.3 Å². The lowest BCUT2D eigenvalue weighted by molar-refractivity contribution is 0.542. The van der Waals surface area contributed by atoms with E-state index in [-0.39, 0.29) is 29.7 Å². The van der Waals surface area contributed by atoms with Gasteiger partial charge in [0.15, 0.2) is 9.84 Å². The van der Waals surface area contributed by atoms with Crippen LogP contribution in [0.4, 0.5) is 0 Å². The van der Waals surface area contributed by atoms with Gasteiger partial charge in [-0.1, -0.05) is 23.7 Å². The quantitative estimate of drug-likeness (QED) is 0.875. The molecule has 0 radical (unpaired) electrons. The van der Waals surface area contributed by atoms with Gasteiger partial charge in [-0.3, -0.25) is 0 Å². The highest BCUT2D eigenvalue weighted by molar-refractivity contribution is 7.91. The molecule has 1 aliphatic heterocycles. The molecule has 2 rings (SSSR count). The zero-order valence-electron chi connectivity index (χ0n) is 10.7. The molecule has 0 aliphatic carbocycles. The first kappa shape index (κ1) is 15.8. The molecule has 1 aromatic rings. The molecule has 0 spiro atoms. The van der Waals surface area contributed by atoms with Gasteiger partial charge in [0.2, 0.25) is 10.0 Å². The average Bonchev–Trinajstić information content (AvgIpc) is 2.70. The first-order chi connectivity index (χ1) is 9.26. The largest absolute Gasteiger partial charge is 0.229 e. The monoisotopic (exact) mass is 337 g/mol. The van der Waals surface area contributed by atoms with Gasteiger partial charge in [-0.2, -0.15) is 0 Å². The topological polar surface area (TPSA) is 80.3 Å². The van der Waals surface area contributed by atoms with Crippen molar-refractivity contribution in [1.82, 2.24) is 4.72 Å². The van der Waals surface area contributed by atoms with Crippen molar-refractivity contribution in [2.24, 2.45) is 5.92 Å². The van der Waals surface area contributed by atoms with Crippen LogP contribution in [-0.4, -0.2) is 34.9 Å². The minimum atomic E-state index is -3.46. The van der Waals surface area contributed by atoms with Gasteiger partial charge in [0.1, 0.15) is 0 Å². The molecule has 0 bridgehead atoms. The molecular formula is C12H16ClNO4S2. The number of nitrogens with one attached hydrogen (secondary N) is 1. The summed E-state index contributed by atoms with van der Waals surface area (Å²) in [7, 11) is -6.44. The summed E-state index contributed by atoms with van der Waals surface area (Å²) in [6.07, 6.45) is 0.520. The van der Waals surface area contributed by atoms with Crippen LogP contribution < -0.4 is 4.72 Å². The first-order valence-corrected chi connectivity index (χ1v) is 10.0. The minimum Gasteiger partial charge on any atom is -0.229 e. The van der Waals surface area contributed by atoms with Gasteiger partial charge < -0.3 is 0 Å². The standard InChI is InChI=1S/C12H16ClNO4S2/c13-12-3-1-10(2-4-12)9-20(17,18)14-7-11-5-6-19(15,16)8-11/h1-4,11,14H,5-9H2. The molecule has 20 heavy (non-hydrogen) atoms. The molecular weight excluding hydrogens is 322 g/mol. The van der Waals surface area contributed by atoms with E-state index in [4.69, 9.17) is 11.6 Å². The van der Waals surface area contributed by atoms with E-state index in [2.05, 4.69) is 4.72 Å². The Morgan fingerprint density at radius 1 is 1.25 bits per heavy atom. The van der Waals surface area contributed by atoms with Crippen molar-refractivity contribution in [3.63, 3.8) is 0 Å². The molecule has 0 saturated carbocycles. The average molecular weight is 338 g/mol. The van der Waals surface area contributed by atoms with Gasteiger partial charge in [-0.05, 0) is 30.0 Å². The van der Waals surface area contributed by atoms with Crippen molar-refractivity contribution in [2.75, 3.05) is 18.1 Å². The van der Waals surface area contributed by atoms with Crippen LogP contribution >= 0.6 is 11.6 Å². The lowest BCUT2D eigenvalue weighted by atomic mass is 10.1. The number of benzene rings is 1. The van der Waals surface area contributed by atoms with Crippen LogP contribution in [0.1, 0.15) is 12.0 Å². The van der Waals surface area contributed by atoms with Gasteiger partial charge in [-0.25, -0.2) is 21.6 Å². The number of halogens is 1. The second-order valence-electron chi connectivity index (χ2n) is 5.00. The Bertz CT molecular complexity index is 668. The molecule has 112 valence electrons. The van der Waals surface area contributed by atoms with Crippen LogP contribution in [0.25, 0.3) is 0 Å². The number of hydrogen-bond donors (Lipinski definition) is 1. The van der Waals surface area contributed by atoms with E-state index in [0.717, 1.165) is 0 Å². The lowest BCUT2D eigenvalue weighted by Crippen LogP contribution is -2.30. The Kier molecular flexibility index (Phi) is 4.73. The predicted octanol–water partition coefficient (Wildman–Crippen LogP) is 1.19. The fraction of sp³-hybridized carbons (Fsp3) is 0.500. The summed E-state index contributed by atoms with van der Waals surface area (Å²) in [5.74, 6) is -0.0450. The summed E-state index contributed by atoms with van der Waals surface area (Å²) in [5, 5.41) is 0.551. The molecule has 1 N–H and O–H groups in total. The maximum Gasteiger partial charge on any atom is 0.215 e. The number of sulfone groups is 1. The Hall–Kier alpha value is -0.630. The SMILES string of the molecule is O=S1(=O)CCC(CNS(=O)(=O)Cc2ccc(Cl)cc2)C1. The Morgan fingerprint density at radius 3 is 2.45 bits per heavy atom. The van der Waals surface area contributed by atoms with Crippen LogP contribution in [0.2, 0.25) is 5.02 Å². The third-order valence-electron chi connectivity index (χ3n) is 3.19. The first-order valence-electron chi connectivity index (χ1n) is 6.18. The van der Waals surface area contributed by atoms with E-state index in [1.165, 1.54) is 0 Å². The second kappa shape index (κ2) is 6.01. The van der Waals surface area contributed by atoms with Gasteiger partial charge >= 0.3 is 0 Å². The third-order valence-corrected chi connectivity index (χ3v) is 6.60.